The molecular formula is C21H28N4O3. The average Bonchev–Trinajstić information content (AvgIpc) is 2.99. The molecule has 1 N–H and O–H groups in total. The van der Waals surface area contributed by atoms with Gasteiger partial charge in [0.25, 0.3) is 5.91 Å². The molecule has 2 aliphatic rings. The number of aryl methyl sites for hydroxylation is 2. The Labute approximate surface area is 165 Å². The molecule has 0 bridgehead atoms. The lowest BCUT2D eigenvalue weighted by Crippen LogP contribution is -2.39. The zero-order valence-corrected chi connectivity index (χ0v) is 17.0. The molecule has 1 aliphatic carbocycles. The van der Waals surface area contributed by atoms with E-state index in [0.29, 0.717) is 24.5 Å². The number of hydrogen-bond donors (Lipinski definition) is 1. The Bertz CT molecular complexity index is 884. The number of rotatable bonds is 3. The van der Waals surface area contributed by atoms with Crippen molar-refractivity contribution in [3.05, 3.63) is 40.6 Å². The van der Waals surface area contributed by atoms with Gasteiger partial charge in [-0.05, 0) is 38.2 Å². The Hall–Kier alpha value is -2.41. The van der Waals surface area contributed by atoms with E-state index < -0.39 is 0 Å². The van der Waals surface area contributed by atoms with E-state index >= 15 is 0 Å². The molecule has 0 unspecified atom stereocenters. The van der Waals surface area contributed by atoms with Gasteiger partial charge in [0.2, 0.25) is 5.95 Å². The molecule has 1 saturated heterocycles. The summed E-state index contributed by atoms with van der Waals surface area (Å²) in [4.78, 5) is 24.5. The largest absolute Gasteiger partial charge is 0.466 e. The van der Waals surface area contributed by atoms with Crippen LogP contribution in [0.1, 0.15) is 59.4 Å². The summed E-state index contributed by atoms with van der Waals surface area (Å²) in [6.07, 6.45) is 3.61. The number of carbonyl (C=O) groups excluding carboxylic acids is 1. The number of morpholine rings is 1. The fourth-order valence-electron chi connectivity index (χ4n) is 4.17. The van der Waals surface area contributed by atoms with E-state index in [2.05, 4.69) is 29.0 Å². The summed E-state index contributed by atoms with van der Waals surface area (Å²) < 4.78 is 10.9. The summed E-state index contributed by atoms with van der Waals surface area (Å²) in [7, 11) is 0. The highest BCUT2D eigenvalue weighted by molar-refractivity contribution is 5.95. The van der Waals surface area contributed by atoms with Crippen molar-refractivity contribution >= 4 is 11.9 Å². The first-order chi connectivity index (χ1) is 13.3. The monoisotopic (exact) mass is 384 g/mol. The second-order valence-corrected chi connectivity index (χ2v) is 8.57. The normalized spacial score (nSPS) is 21.3. The number of fused-ring (bicyclic) bond motifs is 1. The predicted molar refractivity (Wildman–Crippen MR) is 106 cm³/mol. The van der Waals surface area contributed by atoms with Crippen LogP contribution in [-0.2, 0) is 11.2 Å². The summed E-state index contributed by atoms with van der Waals surface area (Å²) in [6, 6.07) is 1.68. The number of nitrogens with one attached hydrogen (secondary N) is 1. The number of hydrogen-bond acceptors (Lipinski definition) is 6. The van der Waals surface area contributed by atoms with Crippen molar-refractivity contribution < 1.29 is 13.9 Å². The molecule has 7 nitrogen and oxygen atoms in total. The maximum absolute atomic E-state index is 12.8. The van der Waals surface area contributed by atoms with E-state index in [9.17, 15) is 4.79 Å². The van der Waals surface area contributed by atoms with Gasteiger partial charge < -0.3 is 19.4 Å². The van der Waals surface area contributed by atoms with Gasteiger partial charge in [0.05, 0.1) is 30.5 Å². The Morgan fingerprint density at radius 3 is 2.71 bits per heavy atom. The number of nitrogens with zero attached hydrogens (tertiary/aromatic N) is 3. The number of anilines is 1. The summed E-state index contributed by atoms with van der Waals surface area (Å²) in [5.74, 6) is 2.03. The van der Waals surface area contributed by atoms with Crippen LogP contribution in [-0.4, -0.2) is 42.2 Å². The number of furan rings is 1. The van der Waals surface area contributed by atoms with Gasteiger partial charge in [-0.15, -0.1) is 0 Å². The van der Waals surface area contributed by atoms with Gasteiger partial charge in [0.1, 0.15) is 11.5 Å². The van der Waals surface area contributed by atoms with Gasteiger partial charge in [-0.3, -0.25) is 4.79 Å². The standard InChI is InChI=1S/C21H28N4O3/c1-13-9-15(14(2)28-13)19(26)23-17-10-21(3,4)11-18-16(17)12-22-20(24-18)25-5-7-27-8-6-25/h9,12,17H,5-8,10-11H2,1-4H3,(H,23,26)/t17-/m1/s1. The van der Waals surface area contributed by atoms with E-state index in [1.165, 1.54) is 0 Å². The average molecular weight is 384 g/mol. The van der Waals surface area contributed by atoms with Crippen molar-refractivity contribution in [2.45, 2.75) is 46.6 Å². The van der Waals surface area contributed by atoms with Gasteiger partial charge in [0, 0.05) is 24.8 Å². The van der Waals surface area contributed by atoms with Gasteiger partial charge >= 0.3 is 0 Å². The van der Waals surface area contributed by atoms with Gasteiger partial charge in [-0.1, -0.05) is 13.8 Å². The van der Waals surface area contributed by atoms with Crippen molar-refractivity contribution in [2.75, 3.05) is 31.2 Å². The quantitative estimate of drug-likeness (QED) is 0.876. The topological polar surface area (TPSA) is 80.5 Å². The lowest BCUT2D eigenvalue weighted by Gasteiger charge is -2.37. The Balaban J connectivity index is 1.61. The van der Waals surface area contributed by atoms with Crippen LogP contribution < -0.4 is 10.2 Å². The molecule has 1 aliphatic heterocycles. The lowest BCUT2D eigenvalue weighted by atomic mass is 9.74. The fraction of sp³-hybridized carbons (Fsp3) is 0.571. The predicted octanol–water partition coefficient (Wildman–Crippen LogP) is 2.97. The minimum absolute atomic E-state index is 0.0446. The number of amides is 1. The molecule has 28 heavy (non-hydrogen) atoms. The van der Waals surface area contributed by atoms with E-state index in [4.69, 9.17) is 14.1 Å². The van der Waals surface area contributed by atoms with Crippen LogP contribution in [0.5, 0.6) is 0 Å². The van der Waals surface area contributed by atoms with Crippen molar-refractivity contribution in [1.82, 2.24) is 15.3 Å². The molecule has 150 valence electrons. The molecule has 4 rings (SSSR count). The van der Waals surface area contributed by atoms with Crippen LogP contribution in [0.2, 0.25) is 0 Å². The minimum atomic E-state index is -0.111. The second-order valence-electron chi connectivity index (χ2n) is 8.57. The Kier molecular flexibility index (Phi) is 4.87. The molecule has 3 heterocycles. The summed E-state index contributed by atoms with van der Waals surface area (Å²) in [5.41, 5.74) is 2.68. The van der Waals surface area contributed by atoms with Crippen LogP contribution in [0.4, 0.5) is 5.95 Å². The molecule has 2 aromatic heterocycles. The third-order valence-electron chi connectivity index (χ3n) is 5.55. The summed E-state index contributed by atoms with van der Waals surface area (Å²) in [6.45, 7) is 11.1. The first-order valence-corrected chi connectivity index (χ1v) is 9.89. The number of aromatic nitrogens is 2. The van der Waals surface area contributed by atoms with Gasteiger partial charge in [0.15, 0.2) is 0 Å². The first-order valence-electron chi connectivity index (χ1n) is 9.89. The van der Waals surface area contributed by atoms with Gasteiger partial charge in [-0.2, -0.15) is 0 Å². The molecule has 0 aromatic carbocycles. The smallest absolute Gasteiger partial charge is 0.255 e. The van der Waals surface area contributed by atoms with Gasteiger partial charge in [-0.25, -0.2) is 9.97 Å². The molecule has 1 amide bonds. The molecule has 1 fully saturated rings. The molecule has 0 spiro atoms. The van der Waals surface area contributed by atoms with Crippen molar-refractivity contribution in [3.8, 4) is 0 Å². The Morgan fingerprint density at radius 2 is 2.04 bits per heavy atom. The van der Waals surface area contributed by atoms with Crippen molar-refractivity contribution in [3.63, 3.8) is 0 Å². The highest BCUT2D eigenvalue weighted by Crippen LogP contribution is 2.40. The zero-order valence-electron chi connectivity index (χ0n) is 17.0. The molecule has 0 saturated carbocycles. The fourth-order valence-corrected chi connectivity index (χ4v) is 4.17. The SMILES string of the molecule is Cc1cc(C(=O)N[C@@H]2CC(C)(C)Cc3nc(N4CCOCC4)ncc32)c(C)o1. The maximum atomic E-state index is 12.8. The Morgan fingerprint density at radius 1 is 1.29 bits per heavy atom. The molecule has 2 aromatic rings. The van der Waals surface area contributed by atoms with E-state index in [1.54, 1.807) is 6.07 Å². The summed E-state index contributed by atoms with van der Waals surface area (Å²) >= 11 is 0. The van der Waals surface area contributed by atoms with Crippen LogP contribution >= 0.6 is 0 Å². The van der Waals surface area contributed by atoms with E-state index in [1.807, 2.05) is 20.0 Å². The van der Waals surface area contributed by atoms with Crippen LogP contribution in [0, 0.1) is 19.3 Å². The second kappa shape index (κ2) is 7.20. The van der Waals surface area contributed by atoms with Crippen molar-refractivity contribution in [2.24, 2.45) is 5.41 Å². The molecule has 7 heteroatoms. The third kappa shape index (κ3) is 3.76. The number of carbonyl (C=O) groups is 1. The molecule has 1 atom stereocenters. The summed E-state index contributed by atoms with van der Waals surface area (Å²) in [5, 5.41) is 3.19. The molecular weight excluding hydrogens is 356 g/mol. The van der Waals surface area contributed by atoms with Crippen LogP contribution in [0.3, 0.4) is 0 Å². The van der Waals surface area contributed by atoms with E-state index in [-0.39, 0.29) is 17.4 Å². The maximum Gasteiger partial charge on any atom is 0.255 e. The lowest BCUT2D eigenvalue weighted by molar-refractivity contribution is 0.0917. The number of ether oxygens (including phenoxy) is 1. The zero-order chi connectivity index (χ0) is 19.9. The highest BCUT2D eigenvalue weighted by atomic mass is 16.5. The van der Waals surface area contributed by atoms with Crippen LogP contribution in [0.15, 0.2) is 16.7 Å². The third-order valence-corrected chi connectivity index (χ3v) is 5.55. The van der Waals surface area contributed by atoms with Crippen molar-refractivity contribution in [1.29, 1.82) is 0 Å². The van der Waals surface area contributed by atoms with Crippen LogP contribution in [0.25, 0.3) is 0 Å². The first kappa shape index (κ1) is 18.9. The highest BCUT2D eigenvalue weighted by Gasteiger charge is 2.35. The molecule has 0 radical (unpaired) electrons. The minimum Gasteiger partial charge on any atom is -0.466 e. The van der Waals surface area contributed by atoms with E-state index in [0.717, 1.165) is 48.9 Å².